The van der Waals surface area contributed by atoms with Crippen LogP contribution < -0.4 is 15.4 Å². The summed E-state index contributed by atoms with van der Waals surface area (Å²) in [7, 11) is 1.51. The molecule has 0 aliphatic carbocycles. The minimum absolute atomic E-state index is 0.0692. The summed E-state index contributed by atoms with van der Waals surface area (Å²) in [4.78, 5) is 37.5. The number of anilines is 1. The van der Waals surface area contributed by atoms with Crippen molar-refractivity contribution in [3.63, 3.8) is 0 Å². The number of hydrogen-bond donors (Lipinski definition) is 2. The Balaban J connectivity index is 1.66. The maximum atomic E-state index is 13.1. The Morgan fingerprint density at radius 1 is 1.06 bits per heavy atom. The van der Waals surface area contributed by atoms with Gasteiger partial charge in [0.25, 0.3) is 11.8 Å². The van der Waals surface area contributed by atoms with Crippen LogP contribution in [-0.4, -0.2) is 31.4 Å². The smallest absolute Gasteiger partial charge is 0.308 e. The molecule has 0 aliphatic rings. The van der Waals surface area contributed by atoms with Crippen LogP contribution in [0.25, 0.3) is 0 Å². The molecule has 0 spiro atoms. The Morgan fingerprint density at radius 3 is 2.53 bits per heavy atom. The molecule has 0 saturated heterocycles. The lowest BCUT2D eigenvalue weighted by molar-refractivity contribution is -0.154. The Hall–Kier alpha value is -3.65. The Morgan fingerprint density at radius 2 is 1.84 bits per heavy atom. The molecule has 0 fully saturated rings. The molecular weight excluding hydrogens is 428 g/mol. The predicted octanol–water partition coefficient (Wildman–Crippen LogP) is 4.11. The molecule has 0 saturated carbocycles. The van der Waals surface area contributed by atoms with Gasteiger partial charge in [-0.15, -0.1) is 0 Å². The number of ether oxygens (including phenoxy) is 2. The molecule has 32 heavy (non-hydrogen) atoms. The number of esters is 1. The maximum Gasteiger partial charge on any atom is 0.308 e. The van der Waals surface area contributed by atoms with E-state index in [1.165, 1.54) is 18.4 Å². The molecular formula is C24H24N2O5S. The van der Waals surface area contributed by atoms with Gasteiger partial charge in [-0.2, -0.15) is 11.3 Å². The molecule has 3 rings (SSSR count). The summed E-state index contributed by atoms with van der Waals surface area (Å²) in [5.41, 5.74) is 2.50. The van der Waals surface area contributed by atoms with Gasteiger partial charge in [0.1, 0.15) is 5.75 Å². The van der Waals surface area contributed by atoms with Crippen molar-refractivity contribution in [2.24, 2.45) is 0 Å². The number of carbonyl (C=O) groups is 3. The Kier molecular flexibility index (Phi) is 7.99. The summed E-state index contributed by atoms with van der Waals surface area (Å²) < 4.78 is 10.8. The van der Waals surface area contributed by atoms with Crippen molar-refractivity contribution in [2.45, 2.75) is 19.4 Å². The summed E-state index contributed by atoms with van der Waals surface area (Å²) in [5, 5.41) is 8.98. The third-order valence-electron chi connectivity index (χ3n) is 4.60. The fraction of sp³-hybridized carbons (Fsp3) is 0.208. The van der Waals surface area contributed by atoms with Gasteiger partial charge < -0.3 is 20.1 Å². The van der Waals surface area contributed by atoms with E-state index in [1.807, 2.05) is 19.1 Å². The highest BCUT2D eigenvalue weighted by atomic mass is 32.1. The lowest BCUT2D eigenvalue weighted by Gasteiger charge is -2.19. The number of hydrogen-bond acceptors (Lipinski definition) is 6. The van der Waals surface area contributed by atoms with Crippen LogP contribution in [0.1, 0.15) is 34.0 Å². The van der Waals surface area contributed by atoms with Gasteiger partial charge in [-0.3, -0.25) is 14.4 Å². The van der Waals surface area contributed by atoms with Crippen molar-refractivity contribution in [1.82, 2.24) is 5.32 Å². The second-order valence-electron chi connectivity index (χ2n) is 6.99. The second kappa shape index (κ2) is 11.1. The van der Waals surface area contributed by atoms with E-state index < -0.39 is 18.0 Å². The number of nitrogens with one attached hydrogen (secondary N) is 2. The van der Waals surface area contributed by atoms with Crippen molar-refractivity contribution in [3.05, 3.63) is 82.0 Å². The van der Waals surface area contributed by atoms with E-state index in [-0.39, 0.29) is 18.9 Å². The fourth-order valence-corrected chi connectivity index (χ4v) is 3.62. The van der Waals surface area contributed by atoms with Crippen molar-refractivity contribution >= 4 is 34.8 Å². The van der Waals surface area contributed by atoms with Crippen LogP contribution in [0.2, 0.25) is 0 Å². The normalized spacial score (nSPS) is 11.3. The van der Waals surface area contributed by atoms with Gasteiger partial charge in [-0.05, 0) is 36.1 Å². The molecule has 2 N–H and O–H groups in total. The number of thiophene rings is 1. The highest BCUT2D eigenvalue weighted by Crippen LogP contribution is 2.27. The predicted molar refractivity (Wildman–Crippen MR) is 123 cm³/mol. The zero-order valence-corrected chi connectivity index (χ0v) is 18.6. The number of rotatable bonds is 9. The minimum atomic E-state index is -1.15. The lowest BCUT2D eigenvalue weighted by Crippen LogP contribution is -2.29. The number of aryl methyl sites for hydroxylation is 1. The zero-order chi connectivity index (χ0) is 22.9. The van der Waals surface area contributed by atoms with E-state index in [0.29, 0.717) is 22.6 Å². The van der Waals surface area contributed by atoms with Gasteiger partial charge in [0.05, 0.1) is 19.2 Å². The number of benzene rings is 2. The standard InChI is InChI=1S/C24H24N2O5S/c1-16-8-9-20(30-2)19(14-16)26-24(29)22(17-6-4-3-5-7-17)31-21(27)10-12-25-23(28)18-11-13-32-15-18/h3-9,11,13-15,22H,10,12H2,1-2H3,(H,25,28)(H,26,29). The van der Waals surface area contributed by atoms with E-state index in [1.54, 1.807) is 53.2 Å². The van der Waals surface area contributed by atoms with Crippen LogP contribution >= 0.6 is 11.3 Å². The van der Waals surface area contributed by atoms with Crippen LogP contribution in [0.4, 0.5) is 5.69 Å². The Bertz CT molecular complexity index is 1070. The molecule has 3 aromatic rings. The first-order chi connectivity index (χ1) is 15.5. The molecule has 0 radical (unpaired) electrons. The van der Waals surface area contributed by atoms with Gasteiger partial charge in [0.2, 0.25) is 6.10 Å². The van der Waals surface area contributed by atoms with Gasteiger partial charge in [0, 0.05) is 23.1 Å². The summed E-state index contributed by atoms with van der Waals surface area (Å²) in [6.45, 7) is 2.00. The number of amides is 2. The highest BCUT2D eigenvalue weighted by Gasteiger charge is 2.26. The van der Waals surface area contributed by atoms with Crippen LogP contribution in [0.3, 0.4) is 0 Å². The zero-order valence-electron chi connectivity index (χ0n) is 17.8. The summed E-state index contributed by atoms with van der Waals surface area (Å²) in [5.74, 6) is -0.868. The van der Waals surface area contributed by atoms with Crippen molar-refractivity contribution in [1.29, 1.82) is 0 Å². The topological polar surface area (TPSA) is 93.7 Å². The molecule has 2 amide bonds. The monoisotopic (exact) mass is 452 g/mol. The average Bonchev–Trinajstić information content (AvgIpc) is 3.33. The van der Waals surface area contributed by atoms with Gasteiger partial charge in [-0.1, -0.05) is 36.4 Å². The lowest BCUT2D eigenvalue weighted by atomic mass is 10.1. The van der Waals surface area contributed by atoms with Gasteiger partial charge in [0.15, 0.2) is 0 Å². The van der Waals surface area contributed by atoms with E-state index in [4.69, 9.17) is 9.47 Å². The van der Waals surface area contributed by atoms with Crippen LogP contribution in [0, 0.1) is 6.92 Å². The van der Waals surface area contributed by atoms with Crippen molar-refractivity contribution < 1.29 is 23.9 Å². The third kappa shape index (κ3) is 6.18. The van der Waals surface area contributed by atoms with Crippen LogP contribution in [0.5, 0.6) is 5.75 Å². The first-order valence-corrected chi connectivity index (χ1v) is 10.9. The first-order valence-electron chi connectivity index (χ1n) is 9.98. The van der Waals surface area contributed by atoms with Crippen molar-refractivity contribution in [2.75, 3.05) is 19.0 Å². The molecule has 1 atom stereocenters. The van der Waals surface area contributed by atoms with E-state index >= 15 is 0 Å². The third-order valence-corrected chi connectivity index (χ3v) is 5.28. The highest BCUT2D eigenvalue weighted by molar-refractivity contribution is 7.08. The summed E-state index contributed by atoms with van der Waals surface area (Å²) >= 11 is 1.42. The molecule has 8 heteroatoms. The number of methoxy groups -OCH3 is 1. The molecule has 166 valence electrons. The molecule has 7 nitrogen and oxygen atoms in total. The van der Waals surface area contributed by atoms with Crippen LogP contribution in [-0.2, 0) is 14.3 Å². The second-order valence-corrected chi connectivity index (χ2v) is 7.77. The van der Waals surface area contributed by atoms with Crippen molar-refractivity contribution in [3.8, 4) is 5.75 Å². The maximum absolute atomic E-state index is 13.1. The van der Waals surface area contributed by atoms with Crippen LogP contribution in [0.15, 0.2) is 65.4 Å². The molecule has 0 aliphatic heterocycles. The summed E-state index contributed by atoms with van der Waals surface area (Å²) in [6, 6.07) is 15.9. The Labute approximate surface area is 190 Å². The largest absolute Gasteiger partial charge is 0.495 e. The first kappa shape index (κ1) is 23.0. The average molecular weight is 453 g/mol. The molecule has 1 aromatic heterocycles. The molecule has 2 aromatic carbocycles. The SMILES string of the molecule is COc1ccc(C)cc1NC(=O)C(OC(=O)CCNC(=O)c1ccsc1)c1ccccc1. The van der Waals surface area contributed by atoms with E-state index in [0.717, 1.165) is 5.56 Å². The molecule has 1 unspecified atom stereocenters. The molecule has 1 heterocycles. The van der Waals surface area contributed by atoms with E-state index in [2.05, 4.69) is 10.6 Å². The summed E-state index contributed by atoms with van der Waals surface area (Å²) in [6.07, 6.45) is -1.22. The van der Waals surface area contributed by atoms with E-state index in [9.17, 15) is 14.4 Å². The van der Waals surface area contributed by atoms with Gasteiger partial charge in [-0.25, -0.2) is 0 Å². The quantitative estimate of drug-likeness (QED) is 0.477. The molecule has 0 bridgehead atoms. The number of carbonyl (C=O) groups excluding carboxylic acids is 3. The minimum Gasteiger partial charge on any atom is -0.495 e. The fourth-order valence-electron chi connectivity index (χ4n) is 2.98. The van der Waals surface area contributed by atoms with Gasteiger partial charge >= 0.3 is 5.97 Å².